The number of carbonyl (C=O) groups excluding carboxylic acids is 1. The maximum Gasteiger partial charge on any atom is 0.326 e. The summed E-state index contributed by atoms with van der Waals surface area (Å²) in [5.41, 5.74) is 7.85. The normalized spacial score (nSPS) is 19.3. The Kier molecular flexibility index (Phi) is 4.39. The highest BCUT2D eigenvalue weighted by atomic mass is 16.4. The van der Waals surface area contributed by atoms with Crippen LogP contribution >= 0.6 is 0 Å². The number of nitrogens with zero attached hydrogens (tertiary/aromatic N) is 1. The molecule has 0 fully saturated rings. The Labute approximate surface area is 118 Å². The average molecular weight is 276 g/mol. The van der Waals surface area contributed by atoms with Crippen LogP contribution in [0.3, 0.4) is 0 Å². The Morgan fingerprint density at radius 1 is 1.40 bits per heavy atom. The van der Waals surface area contributed by atoms with E-state index in [1.807, 2.05) is 31.2 Å². The van der Waals surface area contributed by atoms with E-state index in [1.54, 1.807) is 0 Å². The van der Waals surface area contributed by atoms with Gasteiger partial charge < -0.3 is 15.7 Å². The third-order valence-electron chi connectivity index (χ3n) is 3.73. The average Bonchev–Trinajstić information content (AvgIpc) is 2.45. The minimum Gasteiger partial charge on any atom is -0.480 e. The largest absolute Gasteiger partial charge is 0.480 e. The van der Waals surface area contributed by atoms with Crippen molar-refractivity contribution in [1.29, 1.82) is 0 Å². The zero-order valence-electron chi connectivity index (χ0n) is 11.6. The standard InChI is InChI=1S/C15H20N2O3/c1-2-5-12(16)14(18)17-9-11-7-4-3-6-10(11)8-13(17)15(19)20/h3-4,6-7,12-13H,2,5,8-9,16H2,1H3,(H,19,20)/t12-,13-/m0/s1. The van der Waals surface area contributed by atoms with Gasteiger partial charge in [-0.15, -0.1) is 0 Å². The van der Waals surface area contributed by atoms with Gasteiger partial charge in [-0.05, 0) is 17.5 Å². The molecule has 1 amide bonds. The van der Waals surface area contributed by atoms with Gasteiger partial charge in [0.05, 0.1) is 6.04 Å². The van der Waals surface area contributed by atoms with Gasteiger partial charge in [-0.25, -0.2) is 4.79 Å². The van der Waals surface area contributed by atoms with Crippen LogP contribution in [0.5, 0.6) is 0 Å². The van der Waals surface area contributed by atoms with E-state index in [1.165, 1.54) is 4.90 Å². The summed E-state index contributed by atoms with van der Waals surface area (Å²) in [6, 6.07) is 6.19. The molecule has 0 spiro atoms. The van der Waals surface area contributed by atoms with Gasteiger partial charge in [0.2, 0.25) is 5.91 Å². The van der Waals surface area contributed by atoms with E-state index in [2.05, 4.69) is 0 Å². The number of nitrogens with two attached hydrogens (primary N) is 1. The highest BCUT2D eigenvalue weighted by molar-refractivity contribution is 5.87. The number of benzene rings is 1. The number of amides is 1. The van der Waals surface area contributed by atoms with Crippen LogP contribution in [0.2, 0.25) is 0 Å². The molecule has 0 bridgehead atoms. The first kappa shape index (κ1) is 14.5. The van der Waals surface area contributed by atoms with Crippen molar-refractivity contribution in [3.05, 3.63) is 35.4 Å². The maximum atomic E-state index is 12.4. The SMILES string of the molecule is CCC[C@H](N)C(=O)N1Cc2ccccc2C[C@H]1C(=O)O. The third kappa shape index (κ3) is 2.82. The van der Waals surface area contributed by atoms with Gasteiger partial charge >= 0.3 is 5.97 Å². The van der Waals surface area contributed by atoms with Crippen LogP contribution in [-0.2, 0) is 22.6 Å². The smallest absolute Gasteiger partial charge is 0.326 e. The minimum atomic E-state index is -0.975. The molecule has 5 nitrogen and oxygen atoms in total. The lowest BCUT2D eigenvalue weighted by molar-refractivity contribution is -0.152. The molecular formula is C15H20N2O3. The summed E-state index contributed by atoms with van der Waals surface area (Å²) in [5, 5.41) is 9.36. The Balaban J connectivity index is 2.26. The molecule has 3 N–H and O–H groups in total. The highest BCUT2D eigenvalue weighted by Gasteiger charge is 2.36. The minimum absolute atomic E-state index is 0.270. The second kappa shape index (κ2) is 6.05. The topological polar surface area (TPSA) is 83.6 Å². The molecule has 1 aliphatic rings. The monoisotopic (exact) mass is 276 g/mol. The van der Waals surface area contributed by atoms with Crippen LogP contribution in [-0.4, -0.2) is 34.0 Å². The van der Waals surface area contributed by atoms with E-state index in [4.69, 9.17) is 5.73 Å². The molecule has 1 heterocycles. The van der Waals surface area contributed by atoms with Crippen molar-refractivity contribution in [2.75, 3.05) is 0 Å². The first-order chi connectivity index (χ1) is 9.54. The molecule has 5 heteroatoms. The molecule has 0 unspecified atom stereocenters. The molecule has 0 saturated heterocycles. The Hall–Kier alpha value is -1.88. The number of aliphatic carboxylic acids is 1. The van der Waals surface area contributed by atoms with E-state index >= 15 is 0 Å². The van der Waals surface area contributed by atoms with Gasteiger partial charge in [0.25, 0.3) is 0 Å². The number of hydrogen-bond acceptors (Lipinski definition) is 3. The molecule has 0 saturated carbocycles. The third-order valence-corrected chi connectivity index (χ3v) is 3.73. The summed E-state index contributed by atoms with van der Waals surface area (Å²) < 4.78 is 0. The number of hydrogen-bond donors (Lipinski definition) is 2. The number of fused-ring (bicyclic) bond motifs is 1. The van der Waals surface area contributed by atoms with Crippen molar-refractivity contribution >= 4 is 11.9 Å². The van der Waals surface area contributed by atoms with Gasteiger partial charge in [0.15, 0.2) is 0 Å². The van der Waals surface area contributed by atoms with Crippen LogP contribution in [0.1, 0.15) is 30.9 Å². The molecule has 1 aromatic carbocycles. The molecule has 2 atom stereocenters. The summed E-state index contributed by atoms with van der Waals surface area (Å²) in [7, 11) is 0. The van der Waals surface area contributed by atoms with Gasteiger partial charge in [0, 0.05) is 13.0 Å². The second-order valence-corrected chi connectivity index (χ2v) is 5.19. The van der Waals surface area contributed by atoms with Crippen LogP contribution in [0.15, 0.2) is 24.3 Å². The van der Waals surface area contributed by atoms with Crippen molar-refractivity contribution < 1.29 is 14.7 Å². The van der Waals surface area contributed by atoms with Crippen LogP contribution < -0.4 is 5.73 Å². The lowest BCUT2D eigenvalue weighted by atomic mass is 9.93. The fraction of sp³-hybridized carbons (Fsp3) is 0.467. The molecule has 108 valence electrons. The molecule has 0 aliphatic carbocycles. The van der Waals surface area contributed by atoms with Crippen LogP contribution in [0.4, 0.5) is 0 Å². The molecular weight excluding hydrogens is 256 g/mol. The predicted octanol–water partition coefficient (Wildman–Crippen LogP) is 1.15. The van der Waals surface area contributed by atoms with Crippen LogP contribution in [0.25, 0.3) is 0 Å². The van der Waals surface area contributed by atoms with Crippen molar-refractivity contribution in [2.24, 2.45) is 5.73 Å². The van der Waals surface area contributed by atoms with E-state index in [-0.39, 0.29) is 5.91 Å². The zero-order valence-corrected chi connectivity index (χ0v) is 11.6. The van der Waals surface area contributed by atoms with Crippen molar-refractivity contribution in [3.8, 4) is 0 Å². The Morgan fingerprint density at radius 2 is 2.05 bits per heavy atom. The van der Waals surface area contributed by atoms with E-state index < -0.39 is 18.1 Å². The number of carbonyl (C=O) groups is 2. The molecule has 1 aliphatic heterocycles. The van der Waals surface area contributed by atoms with Crippen molar-refractivity contribution in [3.63, 3.8) is 0 Å². The summed E-state index contributed by atoms with van der Waals surface area (Å²) in [6.07, 6.45) is 1.72. The summed E-state index contributed by atoms with van der Waals surface area (Å²) >= 11 is 0. The Morgan fingerprint density at radius 3 is 2.65 bits per heavy atom. The number of rotatable bonds is 4. The second-order valence-electron chi connectivity index (χ2n) is 5.19. The summed E-state index contributed by atoms with van der Waals surface area (Å²) in [6.45, 7) is 2.27. The molecule has 0 aromatic heterocycles. The first-order valence-electron chi connectivity index (χ1n) is 6.90. The molecule has 2 rings (SSSR count). The quantitative estimate of drug-likeness (QED) is 0.864. The molecule has 0 radical (unpaired) electrons. The van der Waals surface area contributed by atoms with Gasteiger partial charge in [0.1, 0.15) is 6.04 Å². The maximum absolute atomic E-state index is 12.4. The molecule has 20 heavy (non-hydrogen) atoms. The van der Waals surface area contributed by atoms with Crippen LogP contribution in [0, 0.1) is 0 Å². The zero-order chi connectivity index (χ0) is 14.7. The summed E-state index contributed by atoms with van der Waals surface area (Å²) in [5.74, 6) is -1.25. The van der Waals surface area contributed by atoms with E-state index in [0.717, 1.165) is 17.5 Å². The van der Waals surface area contributed by atoms with E-state index in [9.17, 15) is 14.7 Å². The number of carboxylic acids is 1. The van der Waals surface area contributed by atoms with E-state index in [0.29, 0.717) is 19.4 Å². The molecule has 1 aromatic rings. The predicted molar refractivity (Wildman–Crippen MR) is 75.0 cm³/mol. The van der Waals surface area contributed by atoms with Gasteiger partial charge in [-0.1, -0.05) is 37.6 Å². The summed E-state index contributed by atoms with van der Waals surface area (Å²) in [4.78, 5) is 25.2. The fourth-order valence-electron chi connectivity index (χ4n) is 2.62. The lowest BCUT2D eigenvalue weighted by Gasteiger charge is -2.35. The van der Waals surface area contributed by atoms with Gasteiger partial charge in [-0.2, -0.15) is 0 Å². The van der Waals surface area contributed by atoms with Gasteiger partial charge in [-0.3, -0.25) is 4.79 Å². The number of carboxylic acid groups (broad SMARTS) is 1. The first-order valence-corrected chi connectivity index (χ1v) is 6.90. The highest BCUT2D eigenvalue weighted by Crippen LogP contribution is 2.24. The Bertz CT molecular complexity index is 516. The lowest BCUT2D eigenvalue weighted by Crippen LogP contribution is -2.53. The van der Waals surface area contributed by atoms with Crippen molar-refractivity contribution in [2.45, 2.75) is 44.8 Å². The van der Waals surface area contributed by atoms with Crippen molar-refractivity contribution in [1.82, 2.24) is 4.90 Å². The fourth-order valence-corrected chi connectivity index (χ4v) is 2.62.